The molecule has 2 aromatic carbocycles. The molecular formula is C42H51ClN8O6. The molecule has 0 amide bonds. The maximum Gasteiger partial charge on any atom is 0.273 e. The number of hydrogen-bond acceptors (Lipinski definition) is 11. The van der Waals surface area contributed by atoms with E-state index in [-0.39, 0.29) is 5.69 Å². The van der Waals surface area contributed by atoms with Gasteiger partial charge in [0.1, 0.15) is 11.0 Å². The Bertz CT molecular complexity index is 2170. The second kappa shape index (κ2) is 21.1. The summed E-state index contributed by atoms with van der Waals surface area (Å²) in [5, 5.41) is 16.7. The SMILES string of the molecule is COc1ccc(Nc2nccc3[nH]ccc23)cc1OCCCN1CCCC1.COc1ccc([N+](=O)[O-])cc1OCCCN1CCCC1.Clc1nccc2[nH]ccc12. The summed E-state index contributed by atoms with van der Waals surface area (Å²) in [6.45, 7) is 8.11. The summed E-state index contributed by atoms with van der Waals surface area (Å²) in [5.41, 5.74) is 3.02. The lowest BCUT2D eigenvalue weighted by Crippen LogP contribution is -2.21. The van der Waals surface area contributed by atoms with Gasteiger partial charge in [0.2, 0.25) is 0 Å². The molecule has 15 heteroatoms. The first kappa shape index (κ1) is 41.1. The van der Waals surface area contributed by atoms with E-state index in [9.17, 15) is 10.1 Å². The molecule has 2 aliphatic heterocycles. The van der Waals surface area contributed by atoms with Crippen molar-refractivity contribution in [2.24, 2.45) is 0 Å². The van der Waals surface area contributed by atoms with E-state index in [1.54, 1.807) is 25.6 Å². The lowest BCUT2D eigenvalue weighted by Gasteiger charge is -2.16. The zero-order chi connectivity index (χ0) is 39.8. The van der Waals surface area contributed by atoms with Gasteiger partial charge in [-0.15, -0.1) is 0 Å². The molecule has 14 nitrogen and oxygen atoms in total. The summed E-state index contributed by atoms with van der Waals surface area (Å²) in [6.07, 6.45) is 14.4. The Balaban J connectivity index is 0.000000160. The van der Waals surface area contributed by atoms with E-state index < -0.39 is 4.92 Å². The number of ether oxygens (including phenoxy) is 4. The molecule has 302 valence electrons. The summed E-state index contributed by atoms with van der Waals surface area (Å²) in [7, 11) is 3.19. The summed E-state index contributed by atoms with van der Waals surface area (Å²) >= 11 is 5.77. The van der Waals surface area contributed by atoms with Crippen molar-refractivity contribution in [2.45, 2.75) is 38.5 Å². The molecule has 3 N–H and O–H groups in total. The highest BCUT2D eigenvalue weighted by Gasteiger charge is 2.15. The molecule has 0 bridgehead atoms. The van der Waals surface area contributed by atoms with E-state index in [0.717, 1.165) is 70.7 Å². The predicted octanol–water partition coefficient (Wildman–Crippen LogP) is 8.86. The van der Waals surface area contributed by atoms with Crippen LogP contribution in [-0.4, -0.2) is 101 Å². The van der Waals surface area contributed by atoms with Gasteiger partial charge in [-0.25, -0.2) is 9.97 Å². The number of non-ortho nitro benzene ring substituents is 1. The van der Waals surface area contributed by atoms with Crippen molar-refractivity contribution in [3.8, 4) is 23.0 Å². The van der Waals surface area contributed by atoms with Crippen molar-refractivity contribution in [3.05, 3.63) is 101 Å². The van der Waals surface area contributed by atoms with Crippen molar-refractivity contribution >= 4 is 50.6 Å². The van der Waals surface area contributed by atoms with E-state index in [2.05, 4.69) is 35.1 Å². The second-order valence-electron chi connectivity index (χ2n) is 13.7. The average Bonchev–Trinajstić information content (AvgIpc) is 4.08. The van der Waals surface area contributed by atoms with Crippen LogP contribution in [0.3, 0.4) is 0 Å². The number of nitrogens with one attached hydrogen (secondary N) is 3. The number of rotatable bonds is 15. The number of nitrogens with zero attached hydrogens (tertiary/aromatic N) is 5. The lowest BCUT2D eigenvalue weighted by atomic mass is 10.2. The standard InChI is InChI=1S/C21H26N4O2.C14H20N2O4.C7H5ClN2/c1-26-19-6-5-16(24-21-17-7-9-22-18(17)8-10-23-21)15-20(19)27-14-4-13-25-11-2-3-12-25;1-19-13-6-5-12(16(17)18)11-14(13)20-10-4-9-15-7-2-3-8-15;8-7-5-1-3-9-6(5)2-4-10-7/h5-10,15,22H,2-4,11-14H2,1H3,(H,23,24);5-6,11H,2-4,7-10H2,1H3;1-4,9H. The molecule has 2 aliphatic rings. The van der Waals surface area contributed by atoms with Crippen LogP contribution >= 0.6 is 11.6 Å². The van der Waals surface area contributed by atoms with Crippen LogP contribution < -0.4 is 24.3 Å². The topological polar surface area (TPSA) is 156 Å². The van der Waals surface area contributed by atoms with E-state index in [1.165, 1.54) is 71.1 Å². The molecule has 0 atom stereocenters. The van der Waals surface area contributed by atoms with Crippen LogP contribution in [0.25, 0.3) is 21.8 Å². The summed E-state index contributed by atoms with van der Waals surface area (Å²) in [5.74, 6) is 3.28. The smallest absolute Gasteiger partial charge is 0.273 e. The summed E-state index contributed by atoms with van der Waals surface area (Å²) in [6, 6.07) is 18.0. The number of methoxy groups -OCH3 is 2. The van der Waals surface area contributed by atoms with Crippen LogP contribution in [0, 0.1) is 10.1 Å². The number of halogens is 1. The Morgan fingerprint density at radius 2 is 1.26 bits per heavy atom. The van der Waals surface area contributed by atoms with Crippen LogP contribution in [-0.2, 0) is 0 Å². The third-order valence-corrected chi connectivity index (χ3v) is 10.1. The first-order valence-electron chi connectivity index (χ1n) is 19.4. The maximum absolute atomic E-state index is 10.8. The number of benzene rings is 2. The Morgan fingerprint density at radius 3 is 1.84 bits per heavy atom. The first-order valence-corrected chi connectivity index (χ1v) is 19.8. The van der Waals surface area contributed by atoms with Crippen molar-refractivity contribution < 1.29 is 23.9 Å². The molecular weight excluding hydrogens is 748 g/mol. The fraction of sp³-hybridized carbons (Fsp3) is 0.381. The van der Waals surface area contributed by atoms with Crippen LogP contribution in [0.2, 0.25) is 5.15 Å². The van der Waals surface area contributed by atoms with Gasteiger partial charge in [0.25, 0.3) is 5.69 Å². The number of aromatic nitrogens is 4. The molecule has 4 aromatic heterocycles. The van der Waals surface area contributed by atoms with Crippen LogP contribution in [0.4, 0.5) is 17.2 Å². The van der Waals surface area contributed by atoms with Gasteiger partial charge in [-0.3, -0.25) is 10.1 Å². The van der Waals surface area contributed by atoms with E-state index in [0.29, 0.717) is 29.9 Å². The Morgan fingerprint density at radius 1 is 0.719 bits per heavy atom. The Labute approximate surface area is 337 Å². The number of H-pyrrole nitrogens is 2. The fourth-order valence-electron chi connectivity index (χ4n) is 6.88. The normalized spacial score (nSPS) is 14.1. The van der Waals surface area contributed by atoms with E-state index in [4.69, 9.17) is 30.5 Å². The summed E-state index contributed by atoms with van der Waals surface area (Å²) in [4.78, 5) is 29.9. The minimum absolute atomic E-state index is 0.0142. The third-order valence-electron chi connectivity index (χ3n) is 9.84. The number of hydrogen-bond donors (Lipinski definition) is 3. The van der Waals surface area contributed by atoms with Crippen molar-refractivity contribution in [1.82, 2.24) is 29.7 Å². The zero-order valence-corrected chi connectivity index (χ0v) is 33.3. The van der Waals surface area contributed by atoms with Gasteiger partial charge in [-0.05, 0) is 107 Å². The molecule has 6 aromatic rings. The number of fused-ring (bicyclic) bond motifs is 2. The highest BCUT2D eigenvalue weighted by Crippen LogP contribution is 2.33. The second-order valence-corrected chi connectivity index (χ2v) is 14.1. The maximum atomic E-state index is 10.8. The minimum atomic E-state index is -0.434. The van der Waals surface area contributed by atoms with Gasteiger partial charge < -0.3 is 44.0 Å². The molecule has 6 heterocycles. The molecule has 8 rings (SSSR count). The van der Waals surface area contributed by atoms with Gasteiger partial charge in [0, 0.05) is 66.5 Å². The Hall–Kier alpha value is -5.57. The lowest BCUT2D eigenvalue weighted by molar-refractivity contribution is -0.385. The first-order chi connectivity index (χ1) is 27.9. The monoisotopic (exact) mass is 798 g/mol. The van der Waals surface area contributed by atoms with Crippen molar-refractivity contribution in [2.75, 3.05) is 72.0 Å². The highest BCUT2D eigenvalue weighted by molar-refractivity contribution is 6.34. The number of likely N-dealkylation sites (tertiary alicyclic amines) is 2. The predicted molar refractivity (Wildman–Crippen MR) is 225 cm³/mol. The van der Waals surface area contributed by atoms with E-state index >= 15 is 0 Å². The molecule has 0 spiro atoms. The molecule has 2 fully saturated rings. The van der Waals surface area contributed by atoms with Crippen LogP contribution in [0.5, 0.6) is 23.0 Å². The zero-order valence-electron chi connectivity index (χ0n) is 32.5. The van der Waals surface area contributed by atoms with Crippen molar-refractivity contribution in [3.63, 3.8) is 0 Å². The molecule has 57 heavy (non-hydrogen) atoms. The van der Waals surface area contributed by atoms with Gasteiger partial charge in [-0.1, -0.05) is 11.6 Å². The van der Waals surface area contributed by atoms with Gasteiger partial charge in [0.05, 0.1) is 49.5 Å². The average molecular weight is 799 g/mol. The minimum Gasteiger partial charge on any atom is -0.493 e. The van der Waals surface area contributed by atoms with Crippen molar-refractivity contribution in [1.29, 1.82) is 0 Å². The Kier molecular flexibility index (Phi) is 15.2. The molecule has 0 aliphatic carbocycles. The molecule has 0 radical (unpaired) electrons. The van der Waals surface area contributed by atoms with Crippen LogP contribution in [0.15, 0.2) is 85.5 Å². The van der Waals surface area contributed by atoms with Gasteiger partial charge in [-0.2, -0.15) is 0 Å². The molecule has 2 saturated heterocycles. The number of nitro benzene ring substituents is 1. The number of pyridine rings is 2. The largest absolute Gasteiger partial charge is 0.493 e. The molecule has 0 unspecified atom stereocenters. The summed E-state index contributed by atoms with van der Waals surface area (Å²) < 4.78 is 22.3. The van der Waals surface area contributed by atoms with Gasteiger partial charge >= 0.3 is 0 Å². The van der Waals surface area contributed by atoms with Gasteiger partial charge in [0.15, 0.2) is 23.0 Å². The van der Waals surface area contributed by atoms with E-state index in [1.807, 2.05) is 54.9 Å². The third kappa shape index (κ3) is 11.7. The number of aromatic amines is 2. The fourth-order valence-corrected chi connectivity index (χ4v) is 7.10. The van der Waals surface area contributed by atoms with Crippen LogP contribution in [0.1, 0.15) is 38.5 Å². The quantitative estimate of drug-likeness (QED) is 0.0395. The highest BCUT2D eigenvalue weighted by atomic mass is 35.5. The number of anilines is 2. The molecule has 0 saturated carbocycles. The number of nitro groups is 1.